The minimum absolute atomic E-state index is 0.138. The summed E-state index contributed by atoms with van der Waals surface area (Å²) in [5, 5.41) is 31.5. The van der Waals surface area contributed by atoms with Gasteiger partial charge >= 0.3 is 0 Å². The van der Waals surface area contributed by atoms with Gasteiger partial charge in [0.1, 0.15) is 11.5 Å². The molecule has 0 bridgehead atoms. The number of hydrogen-bond acceptors (Lipinski definition) is 5. The fraction of sp³-hybridized carbons (Fsp3) is 0.259. The topological polar surface area (TPSA) is 118 Å². The Balaban J connectivity index is 1.82. The zero-order valence-electron chi connectivity index (χ0n) is 18.3. The molecule has 0 saturated carbocycles. The first-order valence-corrected chi connectivity index (χ1v) is 11.4. The van der Waals surface area contributed by atoms with Crippen LogP contribution in [-0.2, 0) is 16.8 Å². The quantitative estimate of drug-likeness (QED) is 0.693. The van der Waals surface area contributed by atoms with Gasteiger partial charge in [-0.1, -0.05) is 48.0 Å². The predicted octanol–water partition coefficient (Wildman–Crippen LogP) is 4.63. The van der Waals surface area contributed by atoms with Crippen molar-refractivity contribution < 1.29 is 4.79 Å². The molecule has 34 heavy (non-hydrogen) atoms. The summed E-state index contributed by atoms with van der Waals surface area (Å²) in [7, 11) is 0. The molecule has 2 N–H and O–H groups in total. The van der Waals surface area contributed by atoms with Gasteiger partial charge < -0.3 is 10.6 Å². The Kier molecular flexibility index (Phi) is 4.98. The lowest BCUT2D eigenvalue weighted by molar-refractivity contribution is -0.127. The summed E-state index contributed by atoms with van der Waals surface area (Å²) >= 11 is 6.05. The predicted molar refractivity (Wildman–Crippen MR) is 127 cm³/mol. The van der Waals surface area contributed by atoms with Gasteiger partial charge in [-0.15, -0.1) is 0 Å². The second kappa shape index (κ2) is 7.77. The molecular weight excluding hydrogens is 446 g/mol. The van der Waals surface area contributed by atoms with Crippen molar-refractivity contribution >= 4 is 23.2 Å². The van der Waals surface area contributed by atoms with Gasteiger partial charge in [0.15, 0.2) is 0 Å². The molecule has 1 spiro atoms. The first-order valence-electron chi connectivity index (χ1n) is 11.1. The molecule has 0 saturated heterocycles. The minimum atomic E-state index is -2.01. The summed E-state index contributed by atoms with van der Waals surface area (Å²) in [6.07, 6.45) is 4.05. The van der Waals surface area contributed by atoms with Crippen molar-refractivity contribution in [1.29, 1.82) is 15.8 Å². The van der Waals surface area contributed by atoms with Crippen LogP contribution in [0.25, 0.3) is 0 Å². The number of allylic oxidation sites excluding steroid dienone is 4. The average Bonchev–Trinajstić information content (AvgIpc) is 3.11. The number of anilines is 1. The Hall–Kier alpha value is -4.05. The van der Waals surface area contributed by atoms with Gasteiger partial charge in [0.25, 0.3) is 0 Å². The first-order chi connectivity index (χ1) is 16.5. The molecule has 1 heterocycles. The van der Waals surface area contributed by atoms with Crippen LogP contribution in [0.15, 0.2) is 71.5 Å². The van der Waals surface area contributed by atoms with Crippen LogP contribution in [-0.4, -0.2) is 5.91 Å². The third kappa shape index (κ3) is 2.57. The van der Waals surface area contributed by atoms with Gasteiger partial charge in [0.2, 0.25) is 11.3 Å². The normalized spacial score (nSPS) is 24.5. The van der Waals surface area contributed by atoms with Crippen LogP contribution in [0.1, 0.15) is 30.4 Å². The highest BCUT2D eigenvalue weighted by atomic mass is 35.5. The van der Waals surface area contributed by atoms with E-state index in [1.807, 2.05) is 42.5 Å². The fourth-order valence-corrected chi connectivity index (χ4v) is 6.10. The number of fused-ring (bicyclic) bond motifs is 4. The number of para-hydroxylation sites is 1. The molecule has 1 aliphatic heterocycles. The highest BCUT2D eigenvalue weighted by Crippen LogP contribution is 2.64. The lowest BCUT2D eigenvalue weighted by Gasteiger charge is -2.49. The second-order valence-electron chi connectivity index (χ2n) is 8.86. The lowest BCUT2D eigenvalue weighted by atomic mass is 9.47. The van der Waals surface area contributed by atoms with Crippen molar-refractivity contribution in [3.05, 3.63) is 87.6 Å². The highest BCUT2D eigenvalue weighted by molar-refractivity contribution is 6.30. The molecule has 0 unspecified atom stereocenters. The number of carbonyl (C=O) groups is 1. The van der Waals surface area contributed by atoms with E-state index in [9.17, 15) is 20.6 Å². The number of carbonyl (C=O) groups excluding carboxylic acids is 1. The van der Waals surface area contributed by atoms with E-state index in [0.717, 1.165) is 18.4 Å². The van der Waals surface area contributed by atoms with Crippen LogP contribution in [0, 0.1) is 45.3 Å². The number of benzene rings is 2. The van der Waals surface area contributed by atoms with Crippen LogP contribution >= 0.6 is 11.6 Å². The van der Waals surface area contributed by atoms with Crippen molar-refractivity contribution in [3.63, 3.8) is 0 Å². The second-order valence-corrected chi connectivity index (χ2v) is 9.30. The van der Waals surface area contributed by atoms with Crippen LogP contribution in [0.2, 0.25) is 5.02 Å². The van der Waals surface area contributed by atoms with Crippen molar-refractivity contribution in [2.24, 2.45) is 17.1 Å². The summed E-state index contributed by atoms with van der Waals surface area (Å²) in [6.45, 7) is 0.252. The number of hydrogen-bond donors (Lipinski definition) is 1. The third-order valence-corrected chi connectivity index (χ3v) is 7.67. The first kappa shape index (κ1) is 21.8. The molecular formula is C27H20ClN5O. The molecule has 0 fully saturated rings. The maximum atomic E-state index is 14.5. The van der Waals surface area contributed by atoms with Gasteiger partial charge in [-0.05, 0) is 54.2 Å². The zero-order chi connectivity index (χ0) is 24.1. The van der Waals surface area contributed by atoms with Gasteiger partial charge in [-0.3, -0.25) is 4.79 Å². The van der Waals surface area contributed by atoms with E-state index in [4.69, 9.17) is 17.3 Å². The molecule has 0 radical (unpaired) electrons. The maximum absolute atomic E-state index is 14.5. The summed E-state index contributed by atoms with van der Waals surface area (Å²) in [5.74, 6) is -0.851. The van der Waals surface area contributed by atoms with Crippen molar-refractivity contribution in [2.45, 2.75) is 31.2 Å². The van der Waals surface area contributed by atoms with Gasteiger partial charge in [-0.2, -0.15) is 15.8 Å². The van der Waals surface area contributed by atoms with E-state index in [0.29, 0.717) is 28.3 Å². The molecule has 1 amide bonds. The average molecular weight is 466 g/mol. The van der Waals surface area contributed by atoms with E-state index in [1.165, 1.54) is 0 Å². The number of nitrogens with two attached hydrogens (primary N) is 1. The summed E-state index contributed by atoms with van der Waals surface area (Å²) in [5.41, 5.74) is 5.71. The van der Waals surface area contributed by atoms with E-state index in [1.54, 1.807) is 17.0 Å². The molecule has 3 aliphatic rings. The number of rotatable bonds is 2. The van der Waals surface area contributed by atoms with E-state index in [2.05, 4.69) is 18.2 Å². The molecule has 2 aromatic rings. The van der Waals surface area contributed by atoms with Crippen LogP contribution < -0.4 is 10.6 Å². The fourth-order valence-electron chi connectivity index (χ4n) is 5.98. The molecule has 6 nitrogen and oxygen atoms in total. The number of amides is 1. The van der Waals surface area contributed by atoms with E-state index >= 15 is 0 Å². The molecule has 5 rings (SSSR count). The summed E-state index contributed by atoms with van der Waals surface area (Å²) in [6, 6.07) is 20.9. The highest BCUT2D eigenvalue weighted by Gasteiger charge is 2.72. The lowest BCUT2D eigenvalue weighted by Crippen LogP contribution is -2.61. The zero-order valence-corrected chi connectivity index (χ0v) is 19.0. The smallest absolute Gasteiger partial charge is 0.241 e. The molecule has 2 aromatic carbocycles. The van der Waals surface area contributed by atoms with Gasteiger partial charge in [0, 0.05) is 16.6 Å². The van der Waals surface area contributed by atoms with Gasteiger partial charge in [0.05, 0.1) is 30.0 Å². The van der Waals surface area contributed by atoms with Crippen molar-refractivity contribution in [3.8, 4) is 18.2 Å². The number of nitriles is 3. The molecule has 2 atom stereocenters. The maximum Gasteiger partial charge on any atom is 0.241 e. The standard InChI is InChI=1S/C27H20ClN5O/c28-18-11-9-17(10-12-18)14-33-23-8-4-3-7-22(23)27(25(33)34)21-6-2-1-5-19(21)20(13-29)24(32)26(27,15-30)16-31/h3-5,7-12,21H,1-2,6,14,32H2/t21-,27+/m0/s1. The van der Waals surface area contributed by atoms with Crippen molar-refractivity contribution in [2.75, 3.05) is 4.90 Å². The van der Waals surface area contributed by atoms with Crippen LogP contribution in [0.4, 0.5) is 5.69 Å². The molecule has 166 valence electrons. The molecule has 0 aromatic heterocycles. The van der Waals surface area contributed by atoms with Crippen LogP contribution in [0.5, 0.6) is 0 Å². The Morgan fingerprint density at radius 1 is 1.09 bits per heavy atom. The van der Waals surface area contributed by atoms with Crippen LogP contribution in [0.3, 0.4) is 0 Å². The Morgan fingerprint density at radius 2 is 1.79 bits per heavy atom. The molecule has 2 aliphatic carbocycles. The number of halogens is 1. The van der Waals surface area contributed by atoms with Crippen molar-refractivity contribution in [1.82, 2.24) is 0 Å². The number of nitrogens with zero attached hydrogens (tertiary/aromatic N) is 4. The Morgan fingerprint density at radius 3 is 2.47 bits per heavy atom. The third-order valence-electron chi connectivity index (χ3n) is 7.42. The monoisotopic (exact) mass is 465 g/mol. The summed E-state index contributed by atoms with van der Waals surface area (Å²) in [4.78, 5) is 16.2. The Labute approximate surface area is 202 Å². The minimum Gasteiger partial charge on any atom is -0.399 e. The van der Waals surface area contributed by atoms with Gasteiger partial charge in [-0.25, -0.2) is 0 Å². The Bertz CT molecular complexity index is 1390. The SMILES string of the molecule is N#CC1=C(N)C(C#N)(C#N)[C@]2(C(=O)N(Cc3ccc(Cl)cc3)c3ccccc32)[C@H]2CCCC=C12. The van der Waals surface area contributed by atoms with E-state index in [-0.39, 0.29) is 23.7 Å². The van der Waals surface area contributed by atoms with E-state index < -0.39 is 16.7 Å². The summed E-state index contributed by atoms with van der Waals surface area (Å²) < 4.78 is 0. The molecule has 7 heteroatoms. The largest absolute Gasteiger partial charge is 0.399 e.